The summed E-state index contributed by atoms with van der Waals surface area (Å²) in [5.41, 5.74) is 5.59. The summed E-state index contributed by atoms with van der Waals surface area (Å²) in [6.07, 6.45) is 0.787. The molecule has 0 saturated heterocycles. The number of hydrogen-bond donors (Lipinski definition) is 3. The molecule has 0 aromatic carbocycles. The van der Waals surface area contributed by atoms with Crippen molar-refractivity contribution in [2.24, 2.45) is 5.73 Å². The molecule has 0 bridgehead atoms. The van der Waals surface area contributed by atoms with Crippen LogP contribution >= 0.6 is 0 Å². The Hall–Kier alpha value is -1.14. The molecule has 94 valence electrons. The number of nitrogens with two attached hydrogens (primary N) is 1. The molecule has 4 N–H and O–H groups in total. The molecule has 1 unspecified atom stereocenters. The Bertz CT molecular complexity index is 233. The van der Waals surface area contributed by atoms with Crippen molar-refractivity contribution in [1.29, 1.82) is 0 Å². The minimum atomic E-state index is -0.959. The SMILES string of the molecule is CCC[C@@H](N)C(=O)NCC(CC(=O)O)OC. The number of aliphatic carboxylic acids is 1. The Morgan fingerprint density at radius 1 is 1.50 bits per heavy atom. The zero-order chi connectivity index (χ0) is 12.6. The van der Waals surface area contributed by atoms with Crippen LogP contribution in [0, 0.1) is 0 Å². The molecule has 0 aromatic heterocycles. The monoisotopic (exact) mass is 232 g/mol. The quantitative estimate of drug-likeness (QED) is 0.534. The second kappa shape index (κ2) is 8.06. The molecular weight excluding hydrogens is 212 g/mol. The van der Waals surface area contributed by atoms with Crippen LogP contribution in [-0.4, -0.2) is 42.8 Å². The van der Waals surface area contributed by atoms with Gasteiger partial charge in [0.05, 0.1) is 18.6 Å². The third-order valence-electron chi connectivity index (χ3n) is 2.18. The van der Waals surface area contributed by atoms with Gasteiger partial charge in [-0.25, -0.2) is 0 Å². The van der Waals surface area contributed by atoms with Gasteiger partial charge in [-0.2, -0.15) is 0 Å². The number of amides is 1. The van der Waals surface area contributed by atoms with E-state index in [0.29, 0.717) is 6.42 Å². The van der Waals surface area contributed by atoms with Crippen molar-refractivity contribution >= 4 is 11.9 Å². The van der Waals surface area contributed by atoms with Crippen LogP contribution in [0.2, 0.25) is 0 Å². The number of rotatable bonds is 8. The normalized spacial score (nSPS) is 14.2. The number of nitrogens with one attached hydrogen (secondary N) is 1. The van der Waals surface area contributed by atoms with E-state index < -0.39 is 18.1 Å². The molecule has 0 rings (SSSR count). The lowest BCUT2D eigenvalue weighted by atomic mass is 10.1. The second-order valence-electron chi connectivity index (χ2n) is 3.60. The van der Waals surface area contributed by atoms with Gasteiger partial charge in [-0.1, -0.05) is 13.3 Å². The lowest BCUT2D eigenvalue weighted by Crippen LogP contribution is -2.44. The average molecular weight is 232 g/mol. The molecule has 0 spiro atoms. The van der Waals surface area contributed by atoms with Crippen molar-refractivity contribution in [2.75, 3.05) is 13.7 Å². The van der Waals surface area contributed by atoms with Gasteiger partial charge in [0.15, 0.2) is 0 Å². The van der Waals surface area contributed by atoms with Crippen LogP contribution in [-0.2, 0) is 14.3 Å². The first-order valence-electron chi connectivity index (χ1n) is 5.29. The van der Waals surface area contributed by atoms with Gasteiger partial charge >= 0.3 is 5.97 Å². The first kappa shape index (κ1) is 14.9. The van der Waals surface area contributed by atoms with Crippen molar-refractivity contribution in [3.05, 3.63) is 0 Å². The third-order valence-corrected chi connectivity index (χ3v) is 2.18. The van der Waals surface area contributed by atoms with Gasteiger partial charge in [0.2, 0.25) is 5.91 Å². The van der Waals surface area contributed by atoms with Crippen LogP contribution in [0.1, 0.15) is 26.2 Å². The highest BCUT2D eigenvalue weighted by Gasteiger charge is 2.16. The summed E-state index contributed by atoms with van der Waals surface area (Å²) in [4.78, 5) is 21.8. The van der Waals surface area contributed by atoms with Crippen molar-refractivity contribution in [2.45, 2.75) is 38.3 Å². The highest BCUT2D eigenvalue weighted by Crippen LogP contribution is 1.97. The first-order chi connectivity index (χ1) is 7.51. The number of carbonyl (C=O) groups excluding carboxylic acids is 1. The molecular formula is C10H20N2O4. The largest absolute Gasteiger partial charge is 0.481 e. The molecule has 0 saturated carbocycles. The molecule has 16 heavy (non-hydrogen) atoms. The van der Waals surface area contributed by atoms with E-state index in [9.17, 15) is 9.59 Å². The maximum atomic E-state index is 11.4. The molecule has 0 aliphatic carbocycles. The number of ether oxygens (including phenoxy) is 1. The Morgan fingerprint density at radius 3 is 2.56 bits per heavy atom. The van der Waals surface area contributed by atoms with Gasteiger partial charge in [0, 0.05) is 13.7 Å². The van der Waals surface area contributed by atoms with Crippen molar-refractivity contribution in [3.8, 4) is 0 Å². The van der Waals surface area contributed by atoms with Crippen LogP contribution in [0.3, 0.4) is 0 Å². The fraction of sp³-hybridized carbons (Fsp3) is 0.800. The number of carboxylic acid groups (broad SMARTS) is 1. The molecule has 6 nitrogen and oxygen atoms in total. The number of methoxy groups -OCH3 is 1. The van der Waals surface area contributed by atoms with Crippen molar-refractivity contribution in [3.63, 3.8) is 0 Å². The summed E-state index contributed by atoms with van der Waals surface area (Å²) in [6, 6.07) is -0.535. The van der Waals surface area contributed by atoms with Crippen molar-refractivity contribution < 1.29 is 19.4 Å². The highest BCUT2D eigenvalue weighted by atomic mass is 16.5. The summed E-state index contributed by atoms with van der Waals surface area (Å²) >= 11 is 0. The Kier molecular flexibility index (Phi) is 7.49. The van der Waals surface area contributed by atoms with Crippen LogP contribution in [0.25, 0.3) is 0 Å². The predicted octanol–water partition coefficient (Wildman–Crippen LogP) is -0.280. The van der Waals surface area contributed by atoms with Crippen LogP contribution in [0.5, 0.6) is 0 Å². The predicted molar refractivity (Wildman–Crippen MR) is 58.9 cm³/mol. The van der Waals surface area contributed by atoms with E-state index in [0.717, 1.165) is 6.42 Å². The molecule has 0 aliphatic rings. The van der Waals surface area contributed by atoms with Gasteiger partial charge in [-0.15, -0.1) is 0 Å². The topological polar surface area (TPSA) is 102 Å². The summed E-state index contributed by atoms with van der Waals surface area (Å²) in [5.74, 6) is -1.23. The molecule has 0 heterocycles. The van der Waals surface area contributed by atoms with E-state index in [1.165, 1.54) is 7.11 Å². The van der Waals surface area contributed by atoms with Gasteiger partial charge in [0.25, 0.3) is 0 Å². The van der Waals surface area contributed by atoms with Crippen LogP contribution < -0.4 is 11.1 Å². The zero-order valence-electron chi connectivity index (χ0n) is 9.73. The molecule has 0 fully saturated rings. The van der Waals surface area contributed by atoms with Crippen LogP contribution in [0.4, 0.5) is 0 Å². The molecule has 2 atom stereocenters. The van der Waals surface area contributed by atoms with Gasteiger partial charge in [0.1, 0.15) is 0 Å². The van der Waals surface area contributed by atoms with E-state index in [1.807, 2.05) is 6.92 Å². The highest BCUT2D eigenvalue weighted by molar-refractivity contribution is 5.81. The zero-order valence-corrected chi connectivity index (χ0v) is 9.73. The summed E-state index contributed by atoms with van der Waals surface area (Å²) in [5, 5.41) is 11.1. The lowest BCUT2D eigenvalue weighted by Gasteiger charge is -2.16. The Balaban J connectivity index is 3.91. The second-order valence-corrected chi connectivity index (χ2v) is 3.60. The van der Waals surface area contributed by atoms with E-state index in [1.54, 1.807) is 0 Å². The third kappa shape index (κ3) is 6.36. The van der Waals surface area contributed by atoms with Gasteiger partial charge in [-0.3, -0.25) is 9.59 Å². The number of carbonyl (C=O) groups is 2. The summed E-state index contributed by atoms with van der Waals surface area (Å²) < 4.78 is 4.91. The maximum absolute atomic E-state index is 11.4. The maximum Gasteiger partial charge on any atom is 0.306 e. The van der Waals surface area contributed by atoms with E-state index >= 15 is 0 Å². The number of hydrogen-bond acceptors (Lipinski definition) is 4. The molecule has 0 aliphatic heterocycles. The molecule has 1 amide bonds. The standard InChI is InChI=1S/C10H20N2O4/c1-3-4-8(11)10(15)12-6-7(16-2)5-9(13)14/h7-8H,3-6,11H2,1-2H3,(H,12,15)(H,13,14)/t7?,8-/m1/s1. The smallest absolute Gasteiger partial charge is 0.306 e. The fourth-order valence-corrected chi connectivity index (χ4v) is 1.22. The minimum Gasteiger partial charge on any atom is -0.481 e. The lowest BCUT2D eigenvalue weighted by molar-refractivity contribution is -0.140. The molecule has 0 aromatic rings. The van der Waals surface area contributed by atoms with E-state index in [-0.39, 0.29) is 18.9 Å². The van der Waals surface area contributed by atoms with Gasteiger partial charge in [-0.05, 0) is 6.42 Å². The van der Waals surface area contributed by atoms with E-state index in [4.69, 9.17) is 15.6 Å². The minimum absolute atomic E-state index is 0.139. The van der Waals surface area contributed by atoms with Crippen LogP contribution in [0.15, 0.2) is 0 Å². The number of carboxylic acids is 1. The Morgan fingerprint density at radius 2 is 2.12 bits per heavy atom. The average Bonchev–Trinajstić information content (AvgIpc) is 2.23. The Labute approximate surface area is 95.1 Å². The molecule has 0 radical (unpaired) electrons. The summed E-state index contributed by atoms with van der Waals surface area (Å²) in [6.45, 7) is 2.11. The van der Waals surface area contributed by atoms with Crippen molar-refractivity contribution in [1.82, 2.24) is 5.32 Å². The molecule has 6 heteroatoms. The fourth-order valence-electron chi connectivity index (χ4n) is 1.22. The van der Waals surface area contributed by atoms with E-state index in [2.05, 4.69) is 5.32 Å². The summed E-state index contributed by atoms with van der Waals surface area (Å²) in [7, 11) is 1.41. The van der Waals surface area contributed by atoms with Gasteiger partial charge < -0.3 is 20.9 Å². The first-order valence-corrected chi connectivity index (χ1v) is 5.29.